The van der Waals surface area contributed by atoms with Gasteiger partial charge in [-0.2, -0.15) is 0 Å². The third kappa shape index (κ3) is 2.97. The van der Waals surface area contributed by atoms with Crippen molar-refractivity contribution in [2.24, 2.45) is 5.73 Å². The van der Waals surface area contributed by atoms with Gasteiger partial charge < -0.3 is 16.0 Å². The molecule has 0 heterocycles. The molecule has 2 rings (SSSR count). The lowest BCUT2D eigenvalue weighted by atomic mass is 9.97. The Bertz CT molecular complexity index is 320. The molecular weight excluding hydrogens is 218 g/mol. The first-order valence-electron chi connectivity index (χ1n) is 6.35. The van der Waals surface area contributed by atoms with Gasteiger partial charge in [-0.3, -0.25) is 9.59 Å². The Labute approximate surface area is 102 Å². The van der Waals surface area contributed by atoms with Crippen LogP contribution in [0, 0.1) is 0 Å². The van der Waals surface area contributed by atoms with Gasteiger partial charge in [-0.15, -0.1) is 0 Å². The highest BCUT2D eigenvalue weighted by Crippen LogP contribution is 2.28. The van der Waals surface area contributed by atoms with Crippen LogP contribution in [0.2, 0.25) is 0 Å². The average molecular weight is 239 g/mol. The van der Waals surface area contributed by atoms with Crippen LogP contribution in [-0.2, 0) is 9.59 Å². The van der Waals surface area contributed by atoms with E-state index < -0.39 is 5.54 Å². The van der Waals surface area contributed by atoms with Gasteiger partial charge in [-0.05, 0) is 25.7 Å². The number of hydrogen-bond acceptors (Lipinski definition) is 3. The van der Waals surface area contributed by atoms with Crippen LogP contribution in [0.1, 0.15) is 38.5 Å². The summed E-state index contributed by atoms with van der Waals surface area (Å²) in [5.74, 6) is -0.175. The second kappa shape index (κ2) is 4.64. The lowest BCUT2D eigenvalue weighted by molar-refractivity contribution is -0.139. The molecule has 0 aromatic carbocycles. The van der Waals surface area contributed by atoms with Crippen molar-refractivity contribution in [2.45, 2.75) is 50.1 Å². The minimum atomic E-state index is -0.728. The van der Waals surface area contributed by atoms with Crippen LogP contribution in [0.3, 0.4) is 0 Å². The van der Waals surface area contributed by atoms with E-state index in [1.165, 1.54) is 4.90 Å². The second-order valence-corrected chi connectivity index (χ2v) is 5.37. The molecule has 0 aromatic heterocycles. The molecule has 0 aliphatic heterocycles. The second-order valence-electron chi connectivity index (χ2n) is 5.37. The highest BCUT2D eigenvalue weighted by molar-refractivity contribution is 5.90. The van der Waals surface area contributed by atoms with E-state index in [2.05, 4.69) is 5.32 Å². The van der Waals surface area contributed by atoms with Crippen LogP contribution in [0.4, 0.5) is 0 Å². The molecule has 0 atom stereocenters. The number of carbonyl (C=O) groups is 2. The Morgan fingerprint density at radius 2 is 1.94 bits per heavy atom. The molecule has 2 fully saturated rings. The van der Waals surface area contributed by atoms with E-state index in [4.69, 9.17) is 5.73 Å². The minimum Gasteiger partial charge on any atom is -0.352 e. The van der Waals surface area contributed by atoms with Crippen LogP contribution in [0.25, 0.3) is 0 Å². The SMILES string of the molecule is CN(CC(=O)NC1CC1)C(=O)C1(N)CCCC1. The van der Waals surface area contributed by atoms with Gasteiger partial charge >= 0.3 is 0 Å². The molecule has 2 aliphatic rings. The first kappa shape index (κ1) is 12.4. The van der Waals surface area contributed by atoms with E-state index in [9.17, 15) is 9.59 Å². The highest BCUT2D eigenvalue weighted by Gasteiger charge is 2.39. The number of amides is 2. The molecular formula is C12H21N3O2. The lowest BCUT2D eigenvalue weighted by Gasteiger charge is -2.28. The number of rotatable bonds is 4. The summed E-state index contributed by atoms with van der Waals surface area (Å²) in [6, 6.07) is 0.337. The van der Waals surface area contributed by atoms with Crippen LogP contribution in [-0.4, -0.2) is 41.9 Å². The predicted molar refractivity (Wildman–Crippen MR) is 64.2 cm³/mol. The standard InChI is InChI=1S/C12H21N3O2/c1-15(8-10(16)14-9-4-5-9)11(17)12(13)6-2-3-7-12/h9H,2-8,13H2,1H3,(H,14,16). The van der Waals surface area contributed by atoms with Crippen molar-refractivity contribution >= 4 is 11.8 Å². The smallest absolute Gasteiger partial charge is 0.242 e. The zero-order valence-electron chi connectivity index (χ0n) is 10.4. The van der Waals surface area contributed by atoms with E-state index in [1.807, 2.05) is 0 Å². The van der Waals surface area contributed by atoms with Crippen molar-refractivity contribution in [2.75, 3.05) is 13.6 Å². The van der Waals surface area contributed by atoms with Crippen molar-refractivity contribution in [1.82, 2.24) is 10.2 Å². The summed E-state index contributed by atoms with van der Waals surface area (Å²) in [5, 5.41) is 2.87. The Morgan fingerprint density at radius 1 is 1.35 bits per heavy atom. The Kier molecular flexibility index (Phi) is 3.38. The largest absolute Gasteiger partial charge is 0.352 e. The highest BCUT2D eigenvalue weighted by atomic mass is 16.2. The number of nitrogens with one attached hydrogen (secondary N) is 1. The summed E-state index contributed by atoms with van der Waals surface area (Å²) < 4.78 is 0. The quantitative estimate of drug-likeness (QED) is 0.725. The molecule has 2 amide bonds. The van der Waals surface area contributed by atoms with Gasteiger partial charge in [0.15, 0.2) is 0 Å². The molecule has 0 unspecified atom stereocenters. The third-order valence-electron chi connectivity index (χ3n) is 3.59. The lowest BCUT2D eigenvalue weighted by Crippen LogP contribution is -2.54. The van der Waals surface area contributed by atoms with Gasteiger partial charge in [0.2, 0.25) is 11.8 Å². The molecule has 96 valence electrons. The van der Waals surface area contributed by atoms with Gasteiger partial charge in [-0.25, -0.2) is 0 Å². The third-order valence-corrected chi connectivity index (χ3v) is 3.59. The number of nitrogens with zero attached hydrogens (tertiary/aromatic N) is 1. The van der Waals surface area contributed by atoms with Crippen LogP contribution < -0.4 is 11.1 Å². The summed E-state index contributed by atoms with van der Waals surface area (Å²) in [4.78, 5) is 25.2. The molecule has 0 radical (unpaired) electrons. The van der Waals surface area contributed by atoms with Crippen molar-refractivity contribution in [3.05, 3.63) is 0 Å². The van der Waals surface area contributed by atoms with Crippen molar-refractivity contribution in [1.29, 1.82) is 0 Å². The summed E-state index contributed by atoms with van der Waals surface area (Å²) in [6.07, 6.45) is 5.60. The maximum absolute atomic E-state index is 12.1. The normalized spacial score (nSPS) is 22.2. The molecule has 17 heavy (non-hydrogen) atoms. The maximum Gasteiger partial charge on any atom is 0.242 e. The molecule has 2 saturated carbocycles. The number of carbonyl (C=O) groups excluding carboxylic acids is 2. The molecule has 0 spiro atoms. The van der Waals surface area contributed by atoms with Gasteiger partial charge in [0.1, 0.15) is 0 Å². The molecule has 3 N–H and O–H groups in total. The molecule has 0 aromatic rings. The van der Waals surface area contributed by atoms with E-state index in [-0.39, 0.29) is 18.4 Å². The molecule has 5 heteroatoms. The molecule has 2 aliphatic carbocycles. The summed E-state index contributed by atoms with van der Waals surface area (Å²) in [6.45, 7) is 0.119. The monoisotopic (exact) mass is 239 g/mol. The van der Waals surface area contributed by atoms with Crippen LogP contribution in [0.15, 0.2) is 0 Å². The Hall–Kier alpha value is -1.10. The van der Waals surface area contributed by atoms with Gasteiger partial charge in [0, 0.05) is 13.1 Å². The van der Waals surface area contributed by atoms with Crippen molar-refractivity contribution < 1.29 is 9.59 Å². The summed E-state index contributed by atoms with van der Waals surface area (Å²) in [5.41, 5.74) is 5.34. The van der Waals surface area contributed by atoms with E-state index in [0.717, 1.165) is 38.5 Å². The van der Waals surface area contributed by atoms with E-state index >= 15 is 0 Å². The van der Waals surface area contributed by atoms with Gasteiger partial charge in [0.05, 0.1) is 12.1 Å². The minimum absolute atomic E-state index is 0.0788. The zero-order valence-corrected chi connectivity index (χ0v) is 10.4. The average Bonchev–Trinajstić information content (AvgIpc) is 2.96. The van der Waals surface area contributed by atoms with E-state index in [0.29, 0.717) is 6.04 Å². The number of hydrogen-bond donors (Lipinski definition) is 2. The Morgan fingerprint density at radius 3 is 2.47 bits per heavy atom. The van der Waals surface area contributed by atoms with E-state index in [1.54, 1.807) is 7.05 Å². The first-order valence-corrected chi connectivity index (χ1v) is 6.35. The summed E-state index contributed by atoms with van der Waals surface area (Å²) >= 11 is 0. The number of likely N-dealkylation sites (N-methyl/N-ethyl adjacent to an activating group) is 1. The first-order chi connectivity index (χ1) is 8.01. The summed E-state index contributed by atoms with van der Waals surface area (Å²) in [7, 11) is 1.65. The zero-order chi connectivity index (χ0) is 12.5. The van der Waals surface area contributed by atoms with Gasteiger partial charge in [-0.1, -0.05) is 12.8 Å². The predicted octanol–water partition coefficient (Wildman–Crippen LogP) is -0.00510. The number of nitrogens with two attached hydrogens (primary N) is 1. The van der Waals surface area contributed by atoms with Crippen molar-refractivity contribution in [3.63, 3.8) is 0 Å². The fourth-order valence-corrected chi connectivity index (χ4v) is 2.39. The Balaban J connectivity index is 1.83. The fraction of sp³-hybridized carbons (Fsp3) is 0.833. The van der Waals surface area contributed by atoms with Crippen LogP contribution in [0.5, 0.6) is 0 Å². The maximum atomic E-state index is 12.1. The molecule has 0 bridgehead atoms. The van der Waals surface area contributed by atoms with Gasteiger partial charge in [0.25, 0.3) is 0 Å². The topological polar surface area (TPSA) is 75.4 Å². The fourth-order valence-electron chi connectivity index (χ4n) is 2.39. The van der Waals surface area contributed by atoms with Crippen molar-refractivity contribution in [3.8, 4) is 0 Å². The van der Waals surface area contributed by atoms with Crippen LogP contribution >= 0.6 is 0 Å². The molecule has 5 nitrogen and oxygen atoms in total. The molecule has 0 saturated heterocycles.